The van der Waals surface area contributed by atoms with Crippen LogP contribution < -0.4 is 5.73 Å². The Hall–Kier alpha value is -2.00. The monoisotopic (exact) mass is 247 g/mol. The van der Waals surface area contributed by atoms with Crippen LogP contribution in [0.2, 0.25) is 5.02 Å². The van der Waals surface area contributed by atoms with Crippen molar-refractivity contribution in [2.45, 2.75) is 0 Å². The van der Waals surface area contributed by atoms with Crippen molar-refractivity contribution >= 4 is 23.3 Å². The summed E-state index contributed by atoms with van der Waals surface area (Å²) in [6, 6.07) is 12.1. The van der Waals surface area contributed by atoms with Crippen molar-refractivity contribution in [2.75, 3.05) is 5.73 Å². The van der Waals surface area contributed by atoms with E-state index in [9.17, 15) is 4.79 Å². The molecule has 0 aliphatic carbocycles. The lowest BCUT2D eigenvalue weighted by Crippen LogP contribution is -2.02. The summed E-state index contributed by atoms with van der Waals surface area (Å²) in [7, 11) is 0. The maximum Gasteiger partial charge on any atom is 0.337 e. The van der Waals surface area contributed by atoms with Crippen LogP contribution in [-0.2, 0) is 0 Å². The molecule has 0 aliphatic heterocycles. The first-order chi connectivity index (χ1) is 8.08. The predicted molar refractivity (Wildman–Crippen MR) is 68.3 cm³/mol. The quantitative estimate of drug-likeness (QED) is 0.801. The van der Waals surface area contributed by atoms with Gasteiger partial charge in [0.15, 0.2) is 0 Å². The van der Waals surface area contributed by atoms with E-state index in [4.69, 9.17) is 22.4 Å². The lowest BCUT2D eigenvalue weighted by Gasteiger charge is -2.06. The topological polar surface area (TPSA) is 63.3 Å². The van der Waals surface area contributed by atoms with Gasteiger partial charge in [-0.1, -0.05) is 29.8 Å². The van der Waals surface area contributed by atoms with Crippen molar-refractivity contribution in [3.05, 3.63) is 53.1 Å². The van der Waals surface area contributed by atoms with Crippen LogP contribution in [0.15, 0.2) is 42.5 Å². The third kappa shape index (κ3) is 2.40. The van der Waals surface area contributed by atoms with Crippen LogP contribution in [0.3, 0.4) is 0 Å². The van der Waals surface area contributed by atoms with Crippen molar-refractivity contribution in [3.63, 3.8) is 0 Å². The minimum Gasteiger partial charge on any atom is -0.478 e. The van der Waals surface area contributed by atoms with Crippen LogP contribution >= 0.6 is 11.6 Å². The Labute approximate surface area is 103 Å². The average Bonchev–Trinajstić information content (AvgIpc) is 2.28. The zero-order chi connectivity index (χ0) is 12.4. The SMILES string of the molecule is Nc1cc(-c2cccc(Cl)c2)ccc1C(=O)O. The number of benzene rings is 2. The average molecular weight is 248 g/mol. The number of rotatable bonds is 2. The minimum absolute atomic E-state index is 0.107. The number of hydrogen-bond acceptors (Lipinski definition) is 2. The highest BCUT2D eigenvalue weighted by Crippen LogP contribution is 2.26. The second-order valence-corrected chi connectivity index (χ2v) is 4.05. The van der Waals surface area contributed by atoms with Crippen LogP contribution in [0.5, 0.6) is 0 Å². The molecule has 0 spiro atoms. The number of hydrogen-bond donors (Lipinski definition) is 2. The Balaban J connectivity index is 2.48. The van der Waals surface area contributed by atoms with Crippen LogP contribution in [0.4, 0.5) is 5.69 Å². The molecule has 0 unspecified atom stereocenters. The minimum atomic E-state index is -1.03. The highest BCUT2D eigenvalue weighted by Gasteiger charge is 2.08. The van der Waals surface area contributed by atoms with Crippen molar-refractivity contribution in [2.24, 2.45) is 0 Å². The Bertz CT molecular complexity index is 581. The van der Waals surface area contributed by atoms with E-state index in [1.165, 1.54) is 6.07 Å². The maximum absolute atomic E-state index is 10.8. The number of carboxylic acid groups (broad SMARTS) is 1. The van der Waals surface area contributed by atoms with Gasteiger partial charge in [0.25, 0.3) is 0 Å². The molecule has 0 aromatic heterocycles. The summed E-state index contributed by atoms with van der Waals surface area (Å²) in [5.74, 6) is -1.03. The number of carboxylic acids is 1. The van der Waals surface area contributed by atoms with Gasteiger partial charge < -0.3 is 10.8 Å². The predicted octanol–water partition coefficient (Wildman–Crippen LogP) is 3.29. The maximum atomic E-state index is 10.8. The van der Waals surface area contributed by atoms with Crippen LogP contribution in [0.25, 0.3) is 11.1 Å². The van der Waals surface area contributed by atoms with E-state index >= 15 is 0 Å². The highest BCUT2D eigenvalue weighted by molar-refractivity contribution is 6.30. The van der Waals surface area contributed by atoms with Crippen LogP contribution in [0.1, 0.15) is 10.4 Å². The van der Waals surface area contributed by atoms with Gasteiger partial charge in [-0.25, -0.2) is 4.79 Å². The fourth-order valence-electron chi connectivity index (χ4n) is 1.61. The summed E-state index contributed by atoms with van der Waals surface area (Å²) < 4.78 is 0. The molecule has 0 radical (unpaired) electrons. The van der Waals surface area contributed by atoms with Gasteiger partial charge in [-0.15, -0.1) is 0 Å². The number of halogens is 1. The lowest BCUT2D eigenvalue weighted by atomic mass is 10.0. The normalized spacial score (nSPS) is 10.2. The zero-order valence-corrected chi connectivity index (χ0v) is 9.61. The number of carbonyl (C=O) groups is 1. The Morgan fingerprint density at radius 3 is 2.41 bits per heavy atom. The van der Waals surface area contributed by atoms with E-state index < -0.39 is 5.97 Å². The summed E-state index contributed by atoms with van der Waals surface area (Å²) in [5, 5.41) is 9.50. The van der Waals surface area contributed by atoms with Crippen molar-refractivity contribution in [3.8, 4) is 11.1 Å². The van der Waals surface area contributed by atoms with Crippen molar-refractivity contribution < 1.29 is 9.90 Å². The van der Waals surface area contributed by atoms with Gasteiger partial charge in [0.1, 0.15) is 0 Å². The molecule has 86 valence electrons. The fraction of sp³-hybridized carbons (Fsp3) is 0. The first-order valence-electron chi connectivity index (χ1n) is 4.96. The molecular weight excluding hydrogens is 238 g/mol. The third-order valence-electron chi connectivity index (χ3n) is 2.44. The first kappa shape index (κ1) is 11.5. The molecular formula is C13H10ClNO2. The van der Waals surface area contributed by atoms with E-state index in [0.717, 1.165) is 11.1 Å². The Morgan fingerprint density at radius 1 is 1.12 bits per heavy atom. The molecule has 3 N–H and O–H groups in total. The van der Waals surface area contributed by atoms with Gasteiger partial charge in [-0.3, -0.25) is 0 Å². The smallest absolute Gasteiger partial charge is 0.337 e. The van der Waals surface area contributed by atoms with E-state index in [1.807, 2.05) is 12.1 Å². The molecule has 0 saturated carbocycles. The van der Waals surface area contributed by atoms with Crippen LogP contribution in [-0.4, -0.2) is 11.1 Å². The third-order valence-corrected chi connectivity index (χ3v) is 2.68. The zero-order valence-electron chi connectivity index (χ0n) is 8.85. The molecule has 2 aromatic carbocycles. The second-order valence-electron chi connectivity index (χ2n) is 3.62. The fourth-order valence-corrected chi connectivity index (χ4v) is 1.80. The van der Waals surface area contributed by atoms with E-state index in [0.29, 0.717) is 5.02 Å². The summed E-state index contributed by atoms with van der Waals surface area (Å²) in [5.41, 5.74) is 7.78. The van der Waals surface area contributed by atoms with E-state index in [-0.39, 0.29) is 11.3 Å². The van der Waals surface area contributed by atoms with Crippen molar-refractivity contribution in [1.82, 2.24) is 0 Å². The van der Waals surface area contributed by atoms with Gasteiger partial charge in [-0.05, 0) is 35.4 Å². The molecule has 3 nitrogen and oxygen atoms in total. The van der Waals surface area contributed by atoms with Gasteiger partial charge in [-0.2, -0.15) is 0 Å². The number of anilines is 1. The largest absolute Gasteiger partial charge is 0.478 e. The molecule has 0 aliphatic rings. The molecule has 17 heavy (non-hydrogen) atoms. The highest BCUT2D eigenvalue weighted by atomic mass is 35.5. The second kappa shape index (κ2) is 4.47. The molecule has 0 saturated heterocycles. The van der Waals surface area contributed by atoms with Gasteiger partial charge in [0.05, 0.1) is 5.56 Å². The molecule has 0 bridgehead atoms. The number of nitrogen functional groups attached to an aromatic ring is 1. The lowest BCUT2D eigenvalue weighted by molar-refractivity contribution is 0.0698. The number of nitrogens with two attached hydrogens (primary N) is 1. The standard InChI is InChI=1S/C13H10ClNO2/c14-10-3-1-2-8(6-10)9-4-5-11(13(16)17)12(15)7-9/h1-7H,15H2,(H,16,17). The first-order valence-corrected chi connectivity index (χ1v) is 5.34. The molecule has 0 amide bonds. The molecule has 0 heterocycles. The summed E-state index contributed by atoms with van der Waals surface area (Å²) >= 11 is 5.89. The van der Waals surface area contributed by atoms with E-state index in [1.54, 1.807) is 24.3 Å². The van der Waals surface area contributed by atoms with Gasteiger partial charge >= 0.3 is 5.97 Å². The molecule has 2 aromatic rings. The van der Waals surface area contributed by atoms with E-state index in [2.05, 4.69) is 0 Å². The number of aromatic carboxylic acids is 1. The summed E-state index contributed by atoms with van der Waals surface area (Å²) in [6.45, 7) is 0. The van der Waals surface area contributed by atoms with Gasteiger partial charge in [0.2, 0.25) is 0 Å². The Kier molecular flexibility index (Phi) is 3.02. The summed E-state index contributed by atoms with van der Waals surface area (Å²) in [4.78, 5) is 10.8. The molecule has 2 rings (SSSR count). The molecule has 4 heteroatoms. The summed E-state index contributed by atoms with van der Waals surface area (Å²) in [6.07, 6.45) is 0. The molecule has 0 atom stereocenters. The molecule has 0 fully saturated rings. The van der Waals surface area contributed by atoms with Crippen LogP contribution in [0, 0.1) is 0 Å². The van der Waals surface area contributed by atoms with Crippen molar-refractivity contribution in [1.29, 1.82) is 0 Å². The van der Waals surface area contributed by atoms with Gasteiger partial charge in [0, 0.05) is 10.7 Å². The Morgan fingerprint density at radius 2 is 1.82 bits per heavy atom.